The molecular formula is C14H15N7O. The van der Waals surface area contributed by atoms with Gasteiger partial charge in [-0.1, -0.05) is 0 Å². The van der Waals surface area contributed by atoms with Gasteiger partial charge in [0, 0.05) is 18.1 Å². The Kier molecular flexibility index (Phi) is 2.88. The van der Waals surface area contributed by atoms with Crippen molar-refractivity contribution in [3.63, 3.8) is 0 Å². The number of carbonyl (C=O) groups excluding carboxylic acids is 1. The smallest absolute Gasteiger partial charge is 0.240 e. The van der Waals surface area contributed by atoms with Crippen LogP contribution < -0.4 is 10.6 Å². The van der Waals surface area contributed by atoms with Crippen molar-refractivity contribution in [2.45, 2.75) is 25.3 Å². The number of aromatic amines is 1. The highest BCUT2D eigenvalue weighted by Gasteiger charge is 2.29. The molecule has 3 aromatic rings. The average Bonchev–Trinajstić information content (AvgIpc) is 3.03. The maximum atomic E-state index is 11.8. The largest absolute Gasteiger partial charge is 0.368 e. The molecule has 1 aliphatic heterocycles. The number of anilines is 1. The summed E-state index contributed by atoms with van der Waals surface area (Å²) in [5.74, 6) is -0.306. The van der Waals surface area contributed by atoms with Crippen LogP contribution in [0.5, 0.6) is 0 Å². The number of aromatic nitrogens is 5. The van der Waals surface area contributed by atoms with Gasteiger partial charge in [0.1, 0.15) is 6.04 Å². The molecule has 1 aliphatic rings. The third-order valence-corrected chi connectivity index (χ3v) is 4.18. The Labute approximate surface area is 125 Å². The van der Waals surface area contributed by atoms with Crippen molar-refractivity contribution in [1.29, 1.82) is 0 Å². The van der Waals surface area contributed by atoms with Gasteiger partial charge in [-0.25, -0.2) is 4.98 Å². The van der Waals surface area contributed by atoms with Crippen LogP contribution in [0.25, 0.3) is 22.1 Å². The third kappa shape index (κ3) is 1.87. The van der Waals surface area contributed by atoms with Gasteiger partial charge in [0.25, 0.3) is 0 Å². The van der Waals surface area contributed by atoms with Crippen LogP contribution in [0.1, 0.15) is 19.3 Å². The first-order valence-electron chi connectivity index (χ1n) is 7.26. The number of nitrogens with two attached hydrogens (primary N) is 1. The van der Waals surface area contributed by atoms with E-state index in [1.165, 1.54) is 0 Å². The van der Waals surface area contributed by atoms with E-state index in [2.05, 4.69) is 25.4 Å². The third-order valence-electron chi connectivity index (χ3n) is 4.18. The van der Waals surface area contributed by atoms with Crippen molar-refractivity contribution in [3.05, 3.63) is 18.5 Å². The molecule has 112 valence electrons. The van der Waals surface area contributed by atoms with Crippen LogP contribution in [0.3, 0.4) is 0 Å². The van der Waals surface area contributed by atoms with E-state index in [0.29, 0.717) is 11.3 Å². The van der Waals surface area contributed by atoms with E-state index in [1.807, 2.05) is 11.0 Å². The average molecular weight is 297 g/mol. The van der Waals surface area contributed by atoms with Crippen molar-refractivity contribution >= 4 is 33.7 Å². The number of H-pyrrole nitrogens is 1. The molecule has 0 radical (unpaired) electrons. The van der Waals surface area contributed by atoms with Gasteiger partial charge >= 0.3 is 0 Å². The fourth-order valence-electron chi connectivity index (χ4n) is 3.17. The molecule has 1 saturated heterocycles. The zero-order valence-electron chi connectivity index (χ0n) is 11.9. The molecule has 0 spiro atoms. The van der Waals surface area contributed by atoms with Crippen LogP contribution >= 0.6 is 0 Å². The van der Waals surface area contributed by atoms with Crippen molar-refractivity contribution in [2.75, 3.05) is 11.4 Å². The summed E-state index contributed by atoms with van der Waals surface area (Å²) in [6.45, 7) is 0.770. The highest BCUT2D eigenvalue weighted by atomic mass is 16.1. The molecule has 0 aromatic carbocycles. The number of nitrogens with one attached hydrogen (secondary N) is 1. The lowest BCUT2D eigenvalue weighted by atomic mass is 10.00. The summed E-state index contributed by atoms with van der Waals surface area (Å²) < 4.78 is 0. The Morgan fingerprint density at radius 1 is 1.36 bits per heavy atom. The minimum Gasteiger partial charge on any atom is -0.368 e. The van der Waals surface area contributed by atoms with Gasteiger partial charge in [-0.15, -0.1) is 10.2 Å². The quantitative estimate of drug-likeness (QED) is 0.721. The maximum absolute atomic E-state index is 11.8. The summed E-state index contributed by atoms with van der Waals surface area (Å²) in [4.78, 5) is 18.0. The number of nitrogens with zero attached hydrogens (tertiary/aromatic N) is 5. The lowest BCUT2D eigenvalue weighted by Gasteiger charge is -2.35. The minimum absolute atomic E-state index is 0.306. The summed E-state index contributed by atoms with van der Waals surface area (Å²) in [5.41, 5.74) is 7.59. The highest BCUT2D eigenvalue weighted by Crippen LogP contribution is 2.33. The fraction of sp³-hybridized carbons (Fsp3) is 0.357. The van der Waals surface area contributed by atoms with E-state index in [-0.39, 0.29) is 11.9 Å². The van der Waals surface area contributed by atoms with E-state index >= 15 is 0 Å². The maximum Gasteiger partial charge on any atom is 0.240 e. The van der Waals surface area contributed by atoms with Crippen LogP contribution in [-0.2, 0) is 4.79 Å². The molecule has 8 heteroatoms. The van der Waals surface area contributed by atoms with Crippen molar-refractivity contribution < 1.29 is 4.79 Å². The first-order valence-corrected chi connectivity index (χ1v) is 7.26. The summed E-state index contributed by atoms with van der Waals surface area (Å²) in [6, 6.07) is 1.58. The molecule has 8 nitrogen and oxygen atoms in total. The topological polar surface area (TPSA) is 114 Å². The van der Waals surface area contributed by atoms with Crippen molar-refractivity contribution in [2.24, 2.45) is 5.73 Å². The summed E-state index contributed by atoms with van der Waals surface area (Å²) in [7, 11) is 0. The van der Waals surface area contributed by atoms with E-state index in [4.69, 9.17) is 5.73 Å². The van der Waals surface area contributed by atoms with Gasteiger partial charge < -0.3 is 10.6 Å². The van der Waals surface area contributed by atoms with E-state index in [0.717, 1.165) is 42.3 Å². The number of fused-ring (bicyclic) bond motifs is 3. The summed E-state index contributed by atoms with van der Waals surface area (Å²) in [5, 5.41) is 17.0. The van der Waals surface area contributed by atoms with Crippen molar-refractivity contribution in [3.8, 4) is 0 Å². The number of rotatable bonds is 2. The van der Waals surface area contributed by atoms with Gasteiger partial charge in [0.2, 0.25) is 5.91 Å². The fourth-order valence-corrected chi connectivity index (χ4v) is 3.17. The zero-order valence-corrected chi connectivity index (χ0v) is 11.9. The second kappa shape index (κ2) is 4.90. The van der Waals surface area contributed by atoms with Gasteiger partial charge in [0.05, 0.1) is 17.3 Å². The van der Waals surface area contributed by atoms with Gasteiger partial charge in [0.15, 0.2) is 11.3 Å². The Bertz CT molecular complexity index is 859. The molecule has 0 aliphatic carbocycles. The number of piperidine rings is 1. The molecular weight excluding hydrogens is 282 g/mol. The number of hydrogen-bond donors (Lipinski definition) is 2. The summed E-state index contributed by atoms with van der Waals surface area (Å²) >= 11 is 0. The predicted molar refractivity (Wildman–Crippen MR) is 81.2 cm³/mol. The zero-order chi connectivity index (χ0) is 15.1. The van der Waals surface area contributed by atoms with Crippen molar-refractivity contribution in [1.82, 2.24) is 25.4 Å². The molecule has 0 bridgehead atoms. The molecule has 4 heterocycles. The first kappa shape index (κ1) is 12.9. The Hall–Kier alpha value is -2.77. The molecule has 1 unspecified atom stereocenters. The van der Waals surface area contributed by atoms with Gasteiger partial charge in [-0.05, 0) is 25.3 Å². The normalized spacial score (nSPS) is 18.9. The Morgan fingerprint density at radius 3 is 3.14 bits per heavy atom. The number of carbonyl (C=O) groups is 1. The van der Waals surface area contributed by atoms with E-state index < -0.39 is 0 Å². The van der Waals surface area contributed by atoms with Crippen LogP contribution in [0.15, 0.2) is 18.5 Å². The molecule has 1 amide bonds. The molecule has 4 rings (SSSR count). The molecule has 1 atom stereocenters. The number of hydrogen-bond acceptors (Lipinski definition) is 6. The van der Waals surface area contributed by atoms with Gasteiger partial charge in [-0.3, -0.25) is 9.89 Å². The highest BCUT2D eigenvalue weighted by molar-refractivity contribution is 6.08. The first-order chi connectivity index (χ1) is 10.8. The van der Waals surface area contributed by atoms with Crippen LogP contribution in [0.4, 0.5) is 5.69 Å². The van der Waals surface area contributed by atoms with E-state index in [9.17, 15) is 4.79 Å². The molecule has 3 aromatic heterocycles. The molecule has 0 saturated carbocycles. The second-order valence-electron chi connectivity index (χ2n) is 5.47. The number of primary amides is 1. The SMILES string of the molecule is NC(=O)C1CCCCN1c1cn[nH]c2nnc3nccc3c12. The van der Waals surface area contributed by atoms with Crippen LogP contribution in [0, 0.1) is 0 Å². The van der Waals surface area contributed by atoms with Gasteiger partial charge in [-0.2, -0.15) is 5.10 Å². The second-order valence-corrected chi connectivity index (χ2v) is 5.47. The molecule has 22 heavy (non-hydrogen) atoms. The Balaban J connectivity index is 1.97. The Morgan fingerprint density at radius 2 is 2.27 bits per heavy atom. The lowest BCUT2D eigenvalue weighted by molar-refractivity contribution is -0.119. The minimum atomic E-state index is -0.313. The molecule has 1 fully saturated rings. The predicted octanol–water partition coefficient (Wildman–Crippen LogP) is 0.745. The lowest BCUT2D eigenvalue weighted by Crippen LogP contribution is -2.48. The van der Waals surface area contributed by atoms with E-state index in [1.54, 1.807) is 12.4 Å². The summed E-state index contributed by atoms with van der Waals surface area (Å²) in [6.07, 6.45) is 6.20. The monoisotopic (exact) mass is 297 g/mol. The standard InChI is InChI=1S/C14H15N7O/c15-12(22)9-3-1-2-6-21(9)10-7-17-18-14-11(10)8-4-5-16-13(8)19-20-14/h4-5,7,9H,1-3,6H2,(H2,15,22)(H,18,20). The van der Waals surface area contributed by atoms with Crippen LogP contribution in [0.2, 0.25) is 0 Å². The number of amides is 1. The van der Waals surface area contributed by atoms with Crippen LogP contribution in [-0.4, -0.2) is 43.9 Å². The molecule has 3 N–H and O–H groups in total.